The standard InChI is InChI=1S/C24H30ClN3O4S/c1-17-9-11-27(12-10-17)15-19-5-3-18(4-6-19)14-26-24(29)23-16-28(33(2,30)31)21-13-20(25)7-8-22(21)32-23/h3-8,13,17,23H,9-12,14-16H2,1-2H3,(H,26,29). The van der Waals surface area contributed by atoms with E-state index in [1.54, 1.807) is 12.1 Å². The number of rotatable bonds is 6. The fourth-order valence-electron chi connectivity index (χ4n) is 4.22. The van der Waals surface area contributed by atoms with Crippen molar-refractivity contribution in [1.82, 2.24) is 10.2 Å². The second kappa shape index (κ2) is 9.91. The highest BCUT2D eigenvalue weighted by molar-refractivity contribution is 7.92. The molecule has 178 valence electrons. The first kappa shape index (κ1) is 23.9. The Bertz CT molecular complexity index is 1100. The van der Waals surface area contributed by atoms with Crippen molar-refractivity contribution in [3.63, 3.8) is 0 Å². The number of benzene rings is 2. The molecule has 1 fully saturated rings. The SMILES string of the molecule is CC1CCN(Cc2ccc(CNC(=O)C3CN(S(C)(=O)=O)c4cc(Cl)ccc4O3)cc2)CC1. The Morgan fingerprint density at radius 1 is 1.12 bits per heavy atom. The fourth-order valence-corrected chi connectivity index (χ4v) is 5.29. The van der Waals surface area contributed by atoms with Gasteiger partial charge in [0.15, 0.2) is 6.10 Å². The maximum Gasteiger partial charge on any atom is 0.263 e. The number of amides is 1. The van der Waals surface area contributed by atoms with E-state index in [0.29, 0.717) is 23.0 Å². The Kier molecular flexibility index (Phi) is 7.16. The van der Waals surface area contributed by atoms with Gasteiger partial charge in [0.2, 0.25) is 10.0 Å². The van der Waals surface area contributed by atoms with E-state index in [1.807, 2.05) is 12.1 Å². The van der Waals surface area contributed by atoms with Crippen molar-refractivity contribution in [2.24, 2.45) is 5.92 Å². The van der Waals surface area contributed by atoms with Crippen molar-refractivity contribution in [3.8, 4) is 5.75 Å². The number of fused-ring (bicyclic) bond motifs is 1. The van der Waals surface area contributed by atoms with Gasteiger partial charge in [-0.15, -0.1) is 0 Å². The topological polar surface area (TPSA) is 79.0 Å². The van der Waals surface area contributed by atoms with Crippen LogP contribution in [0.25, 0.3) is 0 Å². The Morgan fingerprint density at radius 3 is 2.45 bits per heavy atom. The molecule has 0 spiro atoms. The summed E-state index contributed by atoms with van der Waals surface area (Å²) >= 11 is 6.02. The Hall–Kier alpha value is -2.29. The molecule has 0 aromatic heterocycles. The normalized spacial score (nSPS) is 19.6. The maximum absolute atomic E-state index is 12.8. The molecule has 2 aliphatic heterocycles. The van der Waals surface area contributed by atoms with E-state index in [9.17, 15) is 13.2 Å². The van der Waals surface area contributed by atoms with Crippen LogP contribution in [0.2, 0.25) is 5.02 Å². The molecular formula is C24H30ClN3O4S. The van der Waals surface area contributed by atoms with E-state index in [2.05, 4.69) is 29.3 Å². The van der Waals surface area contributed by atoms with E-state index in [-0.39, 0.29) is 12.5 Å². The summed E-state index contributed by atoms with van der Waals surface area (Å²) < 4.78 is 31.5. The molecule has 2 heterocycles. The molecule has 2 aliphatic rings. The van der Waals surface area contributed by atoms with Gasteiger partial charge in [-0.3, -0.25) is 14.0 Å². The largest absolute Gasteiger partial charge is 0.476 e. The number of likely N-dealkylation sites (tertiary alicyclic amines) is 1. The van der Waals surface area contributed by atoms with Gasteiger partial charge in [0.1, 0.15) is 5.75 Å². The fraction of sp³-hybridized carbons (Fsp3) is 0.458. The number of piperidine rings is 1. The molecule has 2 aromatic carbocycles. The molecule has 1 atom stereocenters. The number of halogens is 1. The monoisotopic (exact) mass is 491 g/mol. The number of ether oxygens (including phenoxy) is 1. The second-order valence-electron chi connectivity index (χ2n) is 9.01. The van der Waals surface area contributed by atoms with Crippen LogP contribution in [0.15, 0.2) is 42.5 Å². The number of nitrogens with one attached hydrogen (secondary N) is 1. The van der Waals surface area contributed by atoms with Gasteiger partial charge in [-0.2, -0.15) is 0 Å². The molecule has 9 heteroatoms. The highest BCUT2D eigenvalue weighted by Gasteiger charge is 2.35. The maximum atomic E-state index is 12.8. The van der Waals surface area contributed by atoms with Gasteiger partial charge in [-0.1, -0.05) is 42.8 Å². The summed E-state index contributed by atoms with van der Waals surface area (Å²) in [6, 6.07) is 12.9. The molecule has 0 bridgehead atoms. The molecule has 4 rings (SSSR count). The first-order valence-electron chi connectivity index (χ1n) is 11.2. The van der Waals surface area contributed by atoms with Gasteiger partial charge in [-0.05, 0) is 61.2 Å². The summed E-state index contributed by atoms with van der Waals surface area (Å²) in [5.41, 5.74) is 2.57. The molecule has 0 aliphatic carbocycles. The zero-order chi connectivity index (χ0) is 23.6. The molecule has 33 heavy (non-hydrogen) atoms. The van der Waals surface area contributed by atoms with Gasteiger partial charge in [0.25, 0.3) is 5.91 Å². The third-order valence-electron chi connectivity index (χ3n) is 6.26. The second-order valence-corrected chi connectivity index (χ2v) is 11.3. The number of carbonyl (C=O) groups excluding carboxylic acids is 1. The van der Waals surface area contributed by atoms with Crippen molar-refractivity contribution < 1.29 is 17.9 Å². The molecule has 7 nitrogen and oxygen atoms in total. The van der Waals surface area contributed by atoms with Crippen LogP contribution in [0.5, 0.6) is 5.75 Å². The number of anilines is 1. The van der Waals surface area contributed by atoms with Crippen molar-refractivity contribution in [2.45, 2.75) is 39.0 Å². The predicted molar refractivity (Wildman–Crippen MR) is 130 cm³/mol. The number of nitrogens with zero attached hydrogens (tertiary/aromatic N) is 2. The summed E-state index contributed by atoms with van der Waals surface area (Å²) in [7, 11) is -3.60. The molecule has 1 saturated heterocycles. The average Bonchev–Trinajstić information content (AvgIpc) is 2.78. The molecule has 2 aromatic rings. The quantitative estimate of drug-likeness (QED) is 0.670. The minimum atomic E-state index is -3.60. The van der Waals surface area contributed by atoms with Crippen LogP contribution in [0, 0.1) is 5.92 Å². The van der Waals surface area contributed by atoms with E-state index >= 15 is 0 Å². The Labute approximate surface area is 200 Å². The van der Waals surface area contributed by atoms with Crippen molar-refractivity contribution in [3.05, 3.63) is 58.6 Å². The summed E-state index contributed by atoms with van der Waals surface area (Å²) in [5, 5.41) is 3.26. The van der Waals surface area contributed by atoms with Crippen LogP contribution in [-0.4, -0.2) is 51.2 Å². The minimum Gasteiger partial charge on any atom is -0.476 e. The lowest BCUT2D eigenvalue weighted by Gasteiger charge is -2.34. The number of carbonyl (C=O) groups is 1. The molecule has 1 N–H and O–H groups in total. The Balaban J connectivity index is 1.35. The lowest BCUT2D eigenvalue weighted by Crippen LogP contribution is -2.50. The summed E-state index contributed by atoms with van der Waals surface area (Å²) in [6.07, 6.45) is 2.65. The smallest absolute Gasteiger partial charge is 0.263 e. The number of hydrogen-bond donors (Lipinski definition) is 1. The lowest BCUT2D eigenvalue weighted by atomic mass is 9.99. The van der Waals surface area contributed by atoms with E-state index in [1.165, 1.54) is 24.5 Å². The van der Waals surface area contributed by atoms with E-state index in [0.717, 1.165) is 41.7 Å². The first-order chi connectivity index (χ1) is 15.7. The summed E-state index contributed by atoms with van der Waals surface area (Å²) in [6.45, 7) is 5.77. The zero-order valence-electron chi connectivity index (χ0n) is 19.0. The van der Waals surface area contributed by atoms with Crippen LogP contribution in [-0.2, 0) is 27.9 Å². The van der Waals surface area contributed by atoms with Crippen molar-refractivity contribution in [2.75, 3.05) is 30.2 Å². The lowest BCUT2D eigenvalue weighted by molar-refractivity contribution is -0.127. The number of hydrogen-bond acceptors (Lipinski definition) is 5. The van der Waals surface area contributed by atoms with E-state index in [4.69, 9.17) is 16.3 Å². The summed E-state index contributed by atoms with van der Waals surface area (Å²) in [4.78, 5) is 15.3. The van der Waals surface area contributed by atoms with Gasteiger partial charge in [0, 0.05) is 18.1 Å². The molecule has 0 radical (unpaired) electrons. The van der Waals surface area contributed by atoms with Gasteiger partial charge < -0.3 is 10.1 Å². The zero-order valence-corrected chi connectivity index (χ0v) is 20.5. The first-order valence-corrected chi connectivity index (χ1v) is 13.4. The minimum absolute atomic E-state index is 0.106. The van der Waals surface area contributed by atoms with Crippen LogP contribution in [0.3, 0.4) is 0 Å². The highest BCUT2D eigenvalue weighted by atomic mass is 35.5. The highest BCUT2D eigenvalue weighted by Crippen LogP contribution is 2.37. The average molecular weight is 492 g/mol. The number of sulfonamides is 1. The molecule has 0 saturated carbocycles. The molecule has 1 unspecified atom stereocenters. The van der Waals surface area contributed by atoms with Crippen LogP contribution >= 0.6 is 11.6 Å². The van der Waals surface area contributed by atoms with Crippen LogP contribution in [0.1, 0.15) is 30.9 Å². The third-order valence-corrected chi connectivity index (χ3v) is 7.64. The van der Waals surface area contributed by atoms with Crippen molar-refractivity contribution in [1.29, 1.82) is 0 Å². The van der Waals surface area contributed by atoms with Gasteiger partial charge in [0.05, 0.1) is 18.5 Å². The Morgan fingerprint density at radius 2 is 1.79 bits per heavy atom. The van der Waals surface area contributed by atoms with Crippen molar-refractivity contribution >= 4 is 33.2 Å². The third kappa shape index (κ3) is 5.99. The molecule has 1 amide bonds. The van der Waals surface area contributed by atoms with E-state index < -0.39 is 16.1 Å². The predicted octanol–water partition coefficient (Wildman–Crippen LogP) is 3.42. The van der Waals surface area contributed by atoms with Gasteiger partial charge >= 0.3 is 0 Å². The molecular weight excluding hydrogens is 462 g/mol. The van der Waals surface area contributed by atoms with Gasteiger partial charge in [-0.25, -0.2) is 8.42 Å². The van der Waals surface area contributed by atoms with Crippen LogP contribution in [0.4, 0.5) is 5.69 Å². The summed E-state index contributed by atoms with van der Waals surface area (Å²) in [5.74, 6) is 0.764. The van der Waals surface area contributed by atoms with Crippen LogP contribution < -0.4 is 14.4 Å².